The maximum Gasteiger partial charge on any atom is 0.262 e. The summed E-state index contributed by atoms with van der Waals surface area (Å²) < 4.78 is 44.9. The van der Waals surface area contributed by atoms with Crippen molar-refractivity contribution >= 4 is 27.3 Å². The molecule has 0 aliphatic carbocycles. The van der Waals surface area contributed by atoms with Crippen LogP contribution in [-0.4, -0.2) is 15.5 Å². The van der Waals surface area contributed by atoms with Crippen LogP contribution in [0.1, 0.15) is 0 Å². The fourth-order valence-electron chi connectivity index (χ4n) is 1.56. The van der Waals surface area contributed by atoms with E-state index in [0.717, 1.165) is 6.07 Å². The molecule has 0 fully saturated rings. The number of anilines is 1. The molecule has 0 heterocycles. The van der Waals surface area contributed by atoms with E-state index in [2.05, 4.69) is 4.72 Å². The minimum atomic E-state index is -3.91. The fraction of sp³-hybridized carbons (Fsp3) is 0.0769. The van der Waals surface area contributed by atoms with Crippen molar-refractivity contribution < 1.29 is 17.5 Å². The van der Waals surface area contributed by atoms with E-state index in [1.807, 2.05) is 0 Å². The molecule has 0 spiro atoms. The molecule has 0 aliphatic heterocycles. The number of rotatable bonds is 4. The van der Waals surface area contributed by atoms with E-state index in [1.165, 1.54) is 25.3 Å². The third-order valence-corrected chi connectivity index (χ3v) is 4.24. The van der Waals surface area contributed by atoms with Gasteiger partial charge in [-0.3, -0.25) is 4.72 Å². The Bertz CT molecular complexity index is 734. The molecule has 106 valence electrons. The van der Waals surface area contributed by atoms with Crippen LogP contribution in [-0.2, 0) is 10.0 Å². The Morgan fingerprint density at radius 3 is 2.50 bits per heavy atom. The Kier molecular flexibility index (Phi) is 4.15. The number of hydrogen-bond acceptors (Lipinski definition) is 3. The van der Waals surface area contributed by atoms with Crippen molar-refractivity contribution in [2.24, 2.45) is 0 Å². The van der Waals surface area contributed by atoms with Crippen molar-refractivity contribution in [2.45, 2.75) is 4.90 Å². The molecule has 0 unspecified atom stereocenters. The highest BCUT2D eigenvalue weighted by Crippen LogP contribution is 2.26. The minimum Gasteiger partial charge on any atom is -0.494 e. The molecule has 0 amide bonds. The largest absolute Gasteiger partial charge is 0.494 e. The van der Waals surface area contributed by atoms with Crippen LogP contribution in [0.5, 0.6) is 5.75 Å². The predicted molar refractivity (Wildman–Crippen MR) is 75.2 cm³/mol. The van der Waals surface area contributed by atoms with E-state index < -0.39 is 15.8 Å². The number of ether oxygens (including phenoxy) is 1. The normalized spacial score (nSPS) is 11.2. The van der Waals surface area contributed by atoms with Crippen molar-refractivity contribution in [1.29, 1.82) is 0 Å². The number of para-hydroxylation sites is 1. The van der Waals surface area contributed by atoms with Gasteiger partial charge in [0, 0.05) is 0 Å². The average Bonchev–Trinajstić information content (AvgIpc) is 2.41. The van der Waals surface area contributed by atoms with Gasteiger partial charge in [0.15, 0.2) is 11.6 Å². The maximum absolute atomic E-state index is 13.6. The van der Waals surface area contributed by atoms with Crippen molar-refractivity contribution in [3.8, 4) is 5.75 Å². The van der Waals surface area contributed by atoms with E-state index >= 15 is 0 Å². The number of methoxy groups -OCH3 is 1. The lowest BCUT2D eigenvalue weighted by Crippen LogP contribution is -2.13. The highest BCUT2D eigenvalue weighted by atomic mass is 35.5. The number of hydrogen-bond donors (Lipinski definition) is 1. The van der Waals surface area contributed by atoms with Gasteiger partial charge in [-0.2, -0.15) is 0 Å². The van der Waals surface area contributed by atoms with Crippen LogP contribution in [0.2, 0.25) is 5.02 Å². The molecule has 2 aromatic carbocycles. The van der Waals surface area contributed by atoms with E-state index in [9.17, 15) is 12.8 Å². The van der Waals surface area contributed by atoms with E-state index in [1.54, 1.807) is 18.2 Å². The third-order valence-electron chi connectivity index (χ3n) is 2.55. The fourth-order valence-corrected chi connectivity index (χ4v) is 2.89. The predicted octanol–water partition coefficient (Wildman–Crippen LogP) is 3.29. The van der Waals surface area contributed by atoms with Gasteiger partial charge in [-0.15, -0.1) is 0 Å². The number of nitrogens with one attached hydrogen (secondary N) is 1. The highest BCUT2D eigenvalue weighted by molar-refractivity contribution is 7.92. The maximum atomic E-state index is 13.6. The summed E-state index contributed by atoms with van der Waals surface area (Å²) in [6.07, 6.45) is 0. The summed E-state index contributed by atoms with van der Waals surface area (Å²) in [5.41, 5.74) is 0.227. The topological polar surface area (TPSA) is 55.4 Å². The summed E-state index contributed by atoms with van der Waals surface area (Å²) in [5.74, 6) is -0.781. The molecule has 0 saturated heterocycles. The monoisotopic (exact) mass is 315 g/mol. The van der Waals surface area contributed by atoms with Crippen molar-refractivity contribution in [1.82, 2.24) is 0 Å². The van der Waals surface area contributed by atoms with E-state index in [-0.39, 0.29) is 21.4 Å². The smallest absolute Gasteiger partial charge is 0.262 e. The molecular weight excluding hydrogens is 305 g/mol. The first kappa shape index (κ1) is 14.6. The SMILES string of the molecule is COc1ccc(S(=O)(=O)Nc2ccccc2Cl)cc1F. The lowest BCUT2D eigenvalue weighted by molar-refractivity contribution is 0.385. The van der Waals surface area contributed by atoms with Gasteiger partial charge in [-0.25, -0.2) is 12.8 Å². The van der Waals surface area contributed by atoms with Crippen molar-refractivity contribution in [3.63, 3.8) is 0 Å². The molecule has 0 atom stereocenters. The molecule has 20 heavy (non-hydrogen) atoms. The lowest BCUT2D eigenvalue weighted by atomic mass is 10.3. The van der Waals surface area contributed by atoms with Gasteiger partial charge in [-0.1, -0.05) is 23.7 Å². The summed E-state index contributed by atoms with van der Waals surface area (Å²) in [7, 11) is -2.61. The Morgan fingerprint density at radius 2 is 1.90 bits per heavy atom. The van der Waals surface area contributed by atoms with Gasteiger partial charge < -0.3 is 4.74 Å². The zero-order chi connectivity index (χ0) is 14.8. The second-order valence-corrected chi connectivity index (χ2v) is 5.97. The Labute approximate surface area is 121 Å². The second-order valence-electron chi connectivity index (χ2n) is 3.88. The lowest BCUT2D eigenvalue weighted by Gasteiger charge is -2.10. The molecule has 0 aliphatic rings. The second kappa shape index (κ2) is 5.68. The molecule has 0 bridgehead atoms. The number of halogens is 2. The van der Waals surface area contributed by atoms with E-state index in [4.69, 9.17) is 16.3 Å². The summed E-state index contributed by atoms with van der Waals surface area (Å²) in [6.45, 7) is 0. The number of sulfonamides is 1. The van der Waals surface area contributed by atoms with Gasteiger partial charge in [0.1, 0.15) is 0 Å². The van der Waals surface area contributed by atoms with Crippen LogP contribution < -0.4 is 9.46 Å². The summed E-state index contributed by atoms with van der Waals surface area (Å²) in [5, 5.41) is 0.255. The van der Waals surface area contributed by atoms with Gasteiger partial charge in [0.25, 0.3) is 10.0 Å². The Hall–Kier alpha value is -1.79. The zero-order valence-corrected chi connectivity index (χ0v) is 12.0. The van der Waals surface area contributed by atoms with Crippen LogP contribution in [0.25, 0.3) is 0 Å². The molecular formula is C13H11ClFNO3S. The first-order chi connectivity index (χ1) is 9.44. The molecule has 1 N–H and O–H groups in total. The van der Waals surface area contributed by atoms with Crippen LogP contribution in [0.4, 0.5) is 10.1 Å². The first-order valence-corrected chi connectivity index (χ1v) is 7.41. The van der Waals surface area contributed by atoms with Crippen LogP contribution >= 0.6 is 11.6 Å². The van der Waals surface area contributed by atoms with E-state index in [0.29, 0.717) is 0 Å². The summed E-state index contributed by atoms with van der Waals surface area (Å²) >= 11 is 5.88. The van der Waals surface area contributed by atoms with Crippen molar-refractivity contribution in [3.05, 3.63) is 53.3 Å². The van der Waals surface area contributed by atoms with Crippen LogP contribution in [0, 0.1) is 5.82 Å². The Balaban J connectivity index is 2.36. The van der Waals surface area contributed by atoms with Crippen LogP contribution in [0.15, 0.2) is 47.4 Å². The number of benzene rings is 2. The molecule has 0 aromatic heterocycles. The molecule has 2 rings (SSSR count). The van der Waals surface area contributed by atoms with Gasteiger partial charge >= 0.3 is 0 Å². The molecule has 7 heteroatoms. The molecule has 0 saturated carbocycles. The standard InChI is InChI=1S/C13H11ClFNO3S/c1-19-13-7-6-9(8-11(13)15)20(17,18)16-12-5-3-2-4-10(12)14/h2-8,16H,1H3. The summed E-state index contributed by atoms with van der Waals surface area (Å²) in [4.78, 5) is -0.212. The Morgan fingerprint density at radius 1 is 1.20 bits per heavy atom. The quantitative estimate of drug-likeness (QED) is 0.942. The van der Waals surface area contributed by atoms with Gasteiger partial charge in [0.2, 0.25) is 0 Å². The minimum absolute atomic E-state index is 0.0262. The van der Waals surface area contributed by atoms with Crippen molar-refractivity contribution in [2.75, 3.05) is 11.8 Å². The summed E-state index contributed by atoms with van der Waals surface area (Å²) in [6, 6.07) is 9.76. The zero-order valence-electron chi connectivity index (χ0n) is 10.4. The first-order valence-electron chi connectivity index (χ1n) is 5.55. The average molecular weight is 316 g/mol. The molecule has 2 aromatic rings. The highest BCUT2D eigenvalue weighted by Gasteiger charge is 2.17. The third kappa shape index (κ3) is 3.02. The van der Waals surface area contributed by atoms with Crippen LogP contribution in [0.3, 0.4) is 0 Å². The van der Waals surface area contributed by atoms with Gasteiger partial charge in [0.05, 0.1) is 22.7 Å². The molecule has 0 radical (unpaired) electrons. The van der Waals surface area contributed by atoms with Gasteiger partial charge in [-0.05, 0) is 30.3 Å². The molecule has 4 nitrogen and oxygen atoms in total.